The summed E-state index contributed by atoms with van der Waals surface area (Å²) in [4.78, 5) is 11.6. The minimum atomic E-state index is -4.71. The largest absolute Gasteiger partial charge is 0.573 e. The molecule has 7 heteroatoms. The van der Waals surface area contributed by atoms with E-state index in [4.69, 9.17) is 0 Å². The van der Waals surface area contributed by atoms with Crippen LogP contribution in [0.5, 0.6) is 5.75 Å². The van der Waals surface area contributed by atoms with Crippen LogP contribution in [0.25, 0.3) is 0 Å². The SMILES string of the molecule is O=C(Nc1ccc(OC(F)(F)F)cc1)NC1CCCC1. The normalized spacial score (nSPS) is 15.9. The number of nitrogens with one attached hydrogen (secondary N) is 2. The van der Waals surface area contributed by atoms with E-state index in [0.717, 1.165) is 37.8 Å². The van der Waals surface area contributed by atoms with Gasteiger partial charge in [0.1, 0.15) is 5.75 Å². The van der Waals surface area contributed by atoms with Gasteiger partial charge in [-0.05, 0) is 37.1 Å². The number of carbonyl (C=O) groups excluding carboxylic acids is 1. The molecule has 0 heterocycles. The van der Waals surface area contributed by atoms with E-state index in [1.165, 1.54) is 12.1 Å². The number of benzene rings is 1. The molecule has 2 N–H and O–H groups in total. The molecule has 2 rings (SSSR count). The quantitative estimate of drug-likeness (QED) is 0.892. The molecule has 20 heavy (non-hydrogen) atoms. The van der Waals surface area contributed by atoms with Crippen LogP contribution in [-0.2, 0) is 0 Å². The molecule has 110 valence electrons. The van der Waals surface area contributed by atoms with Crippen LogP contribution in [-0.4, -0.2) is 18.4 Å². The van der Waals surface area contributed by atoms with Gasteiger partial charge in [-0.25, -0.2) is 4.79 Å². The highest BCUT2D eigenvalue weighted by Gasteiger charge is 2.30. The second kappa shape index (κ2) is 6.02. The van der Waals surface area contributed by atoms with Crippen LogP contribution in [0.4, 0.5) is 23.7 Å². The van der Waals surface area contributed by atoms with Gasteiger partial charge in [-0.3, -0.25) is 0 Å². The first kappa shape index (κ1) is 14.5. The van der Waals surface area contributed by atoms with Crippen molar-refractivity contribution < 1.29 is 22.7 Å². The molecule has 0 unspecified atom stereocenters. The number of carbonyl (C=O) groups is 1. The number of hydrogen-bond donors (Lipinski definition) is 2. The van der Waals surface area contributed by atoms with Gasteiger partial charge in [-0.15, -0.1) is 13.2 Å². The first-order valence-electron chi connectivity index (χ1n) is 6.36. The average Bonchev–Trinajstić information content (AvgIpc) is 2.82. The molecular weight excluding hydrogens is 273 g/mol. The molecule has 1 saturated carbocycles. The van der Waals surface area contributed by atoms with Crippen LogP contribution in [0.3, 0.4) is 0 Å². The number of rotatable bonds is 3. The summed E-state index contributed by atoms with van der Waals surface area (Å²) in [5.41, 5.74) is 0.412. The van der Waals surface area contributed by atoms with E-state index in [9.17, 15) is 18.0 Å². The maximum atomic E-state index is 12.0. The summed E-state index contributed by atoms with van der Waals surface area (Å²) >= 11 is 0. The van der Waals surface area contributed by atoms with Crippen LogP contribution < -0.4 is 15.4 Å². The Bertz CT molecular complexity index is 454. The van der Waals surface area contributed by atoms with Gasteiger partial charge in [-0.1, -0.05) is 12.8 Å². The van der Waals surface area contributed by atoms with Gasteiger partial charge >= 0.3 is 12.4 Å². The van der Waals surface area contributed by atoms with E-state index in [0.29, 0.717) is 5.69 Å². The van der Waals surface area contributed by atoms with Crippen LogP contribution in [0.2, 0.25) is 0 Å². The Balaban J connectivity index is 1.85. The summed E-state index contributed by atoms with van der Waals surface area (Å²) in [5, 5.41) is 5.39. The summed E-state index contributed by atoms with van der Waals surface area (Å²) in [7, 11) is 0. The molecule has 0 atom stereocenters. The van der Waals surface area contributed by atoms with Gasteiger partial charge in [0.25, 0.3) is 0 Å². The highest BCUT2D eigenvalue weighted by Crippen LogP contribution is 2.24. The maximum Gasteiger partial charge on any atom is 0.573 e. The van der Waals surface area contributed by atoms with Gasteiger partial charge < -0.3 is 15.4 Å². The first-order chi connectivity index (χ1) is 9.42. The number of hydrogen-bond acceptors (Lipinski definition) is 2. The van der Waals surface area contributed by atoms with E-state index >= 15 is 0 Å². The van der Waals surface area contributed by atoms with E-state index in [2.05, 4.69) is 15.4 Å². The van der Waals surface area contributed by atoms with Crippen molar-refractivity contribution in [3.05, 3.63) is 24.3 Å². The summed E-state index contributed by atoms with van der Waals surface area (Å²) in [6.07, 6.45) is -0.574. The third-order valence-electron chi connectivity index (χ3n) is 3.04. The second-order valence-electron chi connectivity index (χ2n) is 4.65. The molecule has 0 aliphatic heterocycles. The molecule has 0 aromatic heterocycles. The second-order valence-corrected chi connectivity index (χ2v) is 4.65. The molecule has 0 radical (unpaired) electrons. The summed E-state index contributed by atoms with van der Waals surface area (Å²) in [6.45, 7) is 0. The fraction of sp³-hybridized carbons (Fsp3) is 0.462. The van der Waals surface area contributed by atoms with Crippen LogP contribution in [0.1, 0.15) is 25.7 Å². The van der Waals surface area contributed by atoms with Gasteiger partial charge in [0.2, 0.25) is 0 Å². The number of urea groups is 1. The lowest BCUT2D eigenvalue weighted by Crippen LogP contribution is -2.36. The predicted molar refractivity (Wildman–Crippen MR) is 67.5 cm³/mol. The van der Waals surface area contributed by atoms with Crippen molar-refractivity contribution in [1.82, 2.24) is 5.32 Å². The number of ether oxygens (including phenoxy) is 1. The van der Waals surface area contributed by atoms with Crippen molar-refractivity contribution in [2.75, 3.05) is 5.32 Å². The molecule has 4 nitrogen and oxygen atoms in total. The highest BCUT2D eigenvalue weighted by molar-refractivity contribution is 5.89. The summed E-state index contributed by atoms with van der Waals surface area (Å²) < 4.78 is 39.7. The zero-order valence-electron chi connectivity index (χ0n) is 10.7. The van der Waals surface area contributed by atoms with E-state index in [-0.39, 0.29) is 17.8 Å². The van der Waals surface area contributed by atoms with Gasteiger partial charge in [0.15, 0.2) is 0 Å². The molecule has 2 amide bonds. The summed E-state index contributed by atoms with van der Waals surface area (Å²) in [6, 6.07) is 4.85. The predicted octanol–water partition coefficient (Wildman–Crippen LogP) is 3.65. The highest BCUT2D eigenvalue weighted by atomic mass is 19.4. The van der Waals surface area contributed by atoms with Crippen molar-refractivity contribution in [2.45, 2.75) is 38.1 Å². The third kappa shape index (κ3) is 4.64. The van der Waals surface area contributed by atoms with Gasteiger partial charge in [-0.2, -0.15) is 0 Å². The lowest BCUT2D eigenvalue weighted by atomic mass is 10.2. The lowest BCUT2D eigenvalue weighted by Gasteiger charge is -2.13. The zero-order chi connectivity index (χ0) is 14.6. The molecule has 0 bridgehead atoms. The van der Waals surface area contributed by atoms with E-state index in [1.807, 2.05) is 0 Å². The molecular formula is C13H15F3N2O2. The van der Waals surface area contributed by atoms with Crippen LogP contribution >= 0.6 is 0 Å². The molecule has 1 aliphatic carbocycles. The smallest absolute Gasteiger partial charge is 0.406 e. The number of anilines is 1. The van der Waals surface area contributed by atoms with E-state index in [1.54, 1.807) is 0 Å². The van der Waals surface area contributed by atoms with E-state index < -0.39 is 6.36 Å². The standard InChI is InChI=1S/C13H15F3N2O2/c14-13(15,16)20-11-7-5-10(6-8-11)18-12(19)17-9-3-1-2-4-9/h5-9H,1-4H2,(H2,17,18,19). The monoisotopic (exact) mass is 288 g/mol. The Morgan fingerprint density at radius 3 is 2.30 bits per heavy atom. The molecule has 1 aromatic carbocycles. The van der Waals surface area contributed by atoms with Crippen molar-refractivity contribution >= 4 is 11.7 Å². The van der Waals surface area contributed by atoms with Gasteiger partial charge in [0.05, 0.1) is 0 Å². The number of alkyl halides is 3. The molecule has 1 aromatic rings. The first-order valence-corrected chi connectivity index (χ1v) is 6.36. The van der Waals surface area contributed by atoms with Gasteiger partial charge in [0, 0.05) is 11.7 Å². The fourth-order valence-corrected chi connectivity index (χ4v) is 2.16. The Labute approximate surface area is 114 Å². The maximum absolute atomic E-state index is 12.0. The molecule has 1 aliphatic rings. The minimum absolute atomic E-state index is 0.183. The zero-order valence-corrected chi connectivity index (χ0v) is 10.7. The Kier molecular flexibility index (Phi) is 4.36. The number of amides is 2. The number of halogens is 3. The Morgan fingerprint density at radius 2 is 1.75 bits per heavy atom. The van der Waals surface area contributed by atoms with Crippen molar-refractivity contribution in [3.63, 3.8) is 0 Å². The van der Waals surface area contributed by atoms with Crippen molar-refractivity contribution in [3.8, 4) is 5.75 Å². The third-order valence-corrected chi connectivity index (χ3v) is 3.04. The summed E-state index contributed by atoms with van der Waals surface area (Å²) in [5.74, 6) is -0.320. The Hall–Kier alpha value is -1.92. The minimum Gasteiger partial charge on any atom is -0.406 e. The van der Waals surface area contributed by atoms with Crippen LogP contribution in [0, 0.1) is 0 Å². The molecule has 1 fully saturated rings. The van der Waals surface area contributed by atoms with Crippen molar-refractivity contribution in [2.24, 2.45) is 0 Å². The molecule has 0 saturated heterocycles. The molecule has 0 spiro atoms. The Morgan fingerprint density at radius 1 is 1.15 bits per heavy atom. The topological polar surface area (TPSA) is 50.4 Å². The van der Waals surface area contributed by atoms with Crippen LogP contribution in [0.15, 0.2) is 24.3 Å². The fourth-order valence-electron chi connectivity index (χ4n) is 2.16. The lowest BCUT2D eigenvalue weighted by molar-refractivity contribution is -0.274. The van der Waals surface area contributed by atoms with Crippen molar-refractivity contribution in [1.29, 1.82) is 0 Å². The average molecular weight is 288 g/mol.